The quantitative estimate of drug-likeness (QED) is 0.785. The summed E-state index contributed by atoms with van der Waals surface area (Å²) >= 11 is 1.78. The van der Waals surface area contributed by atoms with Crippen LogP contribution in [0.4, 0.5) is 0 Å². The van der Waals surface area contributed by atoms with Gasteiger partial charge in [-0.15, -0.1) is 11.3 Å². The van der Waals surface area contributed by atoms with Crippen molar-refractivity contribution in [3.05, 3.63) is 21.9 Å². The largest absolute Gasteiger partial charge is 0.396 e. The summed E-state index contributed by atoms with van der Waals surface area (Å²) < 4.78 is 0. The van der Waals surface area contributed by atoms with Gasteiger partial charge in [-0.2, -0.15) is 0 Å². The van der Waals surface area contributed by atoms with E-state index in [1.165, 1.54) is 10.4 Å². The van der Waals surface area contributed by atoms with Crippen LogP contribution in [0.2, 0.25) is 0 Å². The zero-order valence-electron chi connectivity index (χ0n) is 9.13. The Balaban J connectivity index is 2.32. The lowest BCUT2D eigenvalue weighted by molar-refractivity contribution is 0.157. The first-order chi connectivity index (χ1) is 6.55. The van der Waals surface area contributed by atoms with Crippen molar-refractivity contribution in [3.63, 3.8) is 0 Å². The third kappa shape index (κ3) is 3.40. The number of nitrogens with one attached hydrogen (secondary N) is 1. The van der Waals surface area contributed by atoms with Crippen molar-refractivity contribution in [2.75, 3.05) is 13.2 Å². The van der Waals surface area contributed by atoms with Gasteiger partial charge in [0, 0.05) is 30.0 Å². The Labute approximate surface area is 90.0 Å². The number of aliphatic hydroxyl groups excluding tert-OH is 1. The van der Waals surface area contributed by atoms with Gasteiger partial charge in [-0.3, -0.25) is 0 Å². The Morgan fingerprint density at radius 2 is 2.21 bits per heavy atom. The first-order valence-corrected chi connectivity index (χ1v) is 5.78. The van der Waals surface area contributed by atoms with Crippen molar-refractivity contribution in [2.24, 2.45) is 5.41 Å². The molecule has 0 bridgehead atoms. The predicted molar refractivity (Wildman–Crippen MR) is 61.6 cm³/mol. The Hall–Kier alpha value is -0.380. The summed E-state index contributed by atoms with van der Waals surface area (Å²) in [5.74, 6) is 0. The predicted octanol–water partition coefficient (Wildman–Crippen LogP) is 2.16. The molecule has 0 aliphatic rings. The molecule has 0 saturated heterocycles. The number of rotatable bonds is 5. The molecule has 80 valence electrons. The SMILES string of the molecule is Cc1ccsc1CNCC(C)(C)CO. The zero-order valence-corrected chi connectivity index (χ0v) is 9.95. The first kappa shape index (κ1) is 11.7. The summed E-state index contributed by atoms with van der Waals surface area (Å²) in [6, 6.07) is 2.14. The van der Waals surface area contributed by atoms with E-state index in [-0.39, 0.29) is 12.0 Å². The maximum absolute atomic E-state index is 9.07. The van der Waals surface area contributed by atoms with Gasteiger partial charge in [-0.25, -0.2) is 0 Å². The highest BCUT2D eigenvalue weighted by atomic mass is 32.1. The molecule has 0 aliphatic carbocycles. The molecule has 0 unspecified atom stereocenters. The van der Waals surface area contributed by atoms with Gasteiger partial charge in [0.05, 0.1) is 0 Å². The molecule has 0 fully saturated rings. The van der Waals surface area contributed by atoms with Crippen LogP contribution in [0.25, 0.3) is 0 Å². The fourth-order valence-electron chi connectivity index (χ4n) is 1.16. The van der Waals surface area contributed by atoms with Crippen LogP contribution < -0.4 is 5.32 Å². The van der Waals surface area contributed by atoms with Crippen molar-refractivity contribution in [1.82, 2.24) is 5.32 Å². The molecule has 3 heteroatoms. The fraction of sp³-hybridized carbons (Fsp3) is 0.636. The van der Waals surface area contributed by atoms with Crippen LogP contribution in [0.15, 0.2) is 11.4 Å². The van der Waals surface area contributed by atoms with E-state index < -0.39 is 0 Å². The third-order valence-corrected chi connectivity index (χ3v) is 3.31. The van der Waals surface area contributed by atoms with Crippen LogP contribution in [-0.2, 0) is 6.54 Å². The number of aliphatic hydroxyl groups is 1. The van der Waals surface area contributed by atoms with Gasteiger partial charge in [-0.1, -0.05) is 13.8 Å². The lowest BCUT2D eigenvalue weighted by Gasteiger charge is -2.21. The monoisotopic (exact) mass is 213 g/mol. The maximum Gasteiger partial charge on any atom is 0.0494 e. The molecule has 1 rings (SSSR count). The topological polar surface area (TPSA) is 32.3 Å². The molecule has 1 aromatic heterocycles. The maximum atomic E-state index is 9.07. The second kappa shape index (κ2) is 4.91. The van der Waals surface area contributed by atoms with Crippen LogP contribution in [0.1, 0.15) is 24.3 Å². The summed E-state index contributed by atoms with van der Waals surface area (Å²) in [5.41, 5.74) is 1.33. The molecule has 0 atom stereocenters. The van der Waals surface area contributed by atoms with Crippen LogP contribution >= 0.6 is 11.3 Å². The van der Waals surface area contributed by atoms with E-state index in [0.29, 0.717) is 0 Å². The smallest absolute Gasteiger partial charge is 0.0494 e. The molecule has 1 heterocycles. The molecule has 2 nitrogen and oxygen atoms in total. The molecule has 14 heavy (non-hydrogen) atoms. The molecule has 0 radical (unpaired) electrons. The Morgan fingerprint density at radius 3 is 2.71 bits per heavy atom. The van der Waals surface area contributed by atoms with E-state index >= 15 is 0 Å². The highest BCUT2D eigenvalue weighted by Crippen LogP contribution is 2.16. The zero-order chi connectivity index (χ0) is 10.6. The normalized spacial score (nSPS) is 12.0. The van der Waals surface area contributed by atoms with Crippen molar-refractivity contribution in [3.8, 4) is 0 Å². The first-order valence-electron chi connectivity index (χ1n) is 4.90. The van der Waals surface area contributed by atoms with E-state index in [2.05, 4.69) is 37.5 Å². The van der Waals surface area contributed by atoms with Crippen molar-refractivity contribution in [2.45, 2.75) is 27.3 Å². The molecule has 2 N–H and O–H groups in total. The standard InChI is InChI=1S/C11H19NOS/c1-9-4-5-14-10(9)6-12-7-11(2,3)8-13/h4-5,12-13H,6-8H2,1-3H3. The minimum Gasteiger partial charge on any atom is -0.396 e. The Morgan fingerprint density at radius 1 is 1.50 bits per heavy atom. The molecule has 0 amide bonds. The minimum absolute atomic E-state index is 0.0227. The van der Waals surface area contributed by atoms with Gasteiger partial charge in [0.2, 0.25) is 0 Å². The van der Waals surface area contributed by atoms with Gasteiger partial charge in [0.1, 0.15) is 0 Å². The summed E-state index contributed by atoms with van der Waals surface area (Å²) in [5, 5.41) is 14.6. The van der Waals surface area contributed by atoms with Crippen LogP contribution in [0.5, 0.6) is 0 Å². The van der Waals surface area contributed by atoms with Gasteiger partial charge in [0.25, 0.3) is 0 Å². The fourth-order valence-corrected chi connectivity index (χ4v) is 2.03. The number of thiophene rings is 1. The summed E-state index contributed by atoms with van der Waals surface area (Å²) in [4.78, 5) is 1.39. The Bertz CT molecular complexity index is 281. The minimum atomic E-state index is -0.0227. The van der Waals surface area contributed by atoms with Gasteiger partial charge < -0.3 is 10.4 Å². The van der Waals surface area contributed by atoms with Crippen molar-refractivity contribution >= 4 is 11.3 Å². The molecular formula is C11H19NOS. The summed E-state index contributed by atoms with van der Waals surface area (Å²) in [6.45, 7) is 8.23. The van der Waals surface area contributed by atoms with Gasteiger partial charge in [0.15, 0.2) is 0 Å². The Kier molecular flexibility index (Phi) is 4.11. The van der Waals surface area contributed by atoms with Gasteiger partial charge in [-0.05, 0) is 23.9 Å². The van der Waals surface area contributed by atoms with Crippen LogP contribution in [0, 0.1) is 12.3 Å². The molecule has 0 saturated carbocycles. The number of aryl methyl sites for hydroxylation is 1. The third-order valence-electron chi connectivity index (χ3n) is 2.29. The average molecular weight is 213 g/mol. The second-order valence-corrected chi connectivity index (χ2v) is 5.45. The molecule has 0 aliphatic heterocycles. The average Bonchev–Trinajstić information content (AvgIpc) is 2.52. The lowest BCUT2D eigenvalue weighted by Crippen LogP contribution is -2.31. The van der Waals surface area contributed by atoms with E-state index in [4.69, 9.17) is 5.11 Å². The molecule has 0 spiro atoms. The molecular weight excluding hydrogens is 194 g/mol. The van der Waals surface area contributed by atoms with E-state index in [1.807, 2.05) is 0 Å². The molecule has 1 aromatic rings. The van der Waals surface area contributed by atoms with E-state index in [1.54, 1.807) is 11.3 Å². The van der Waals surface area contributed by atoms with Gasteiger partial charge >= 0.3 is 0 Å². The number of hydrogen-bond acceptors (Lipinski definition) is 3. The lowest BCUT2D eigenvalue weighted by atomic mass is 9.95. The highest BCUT2D eigenvalue weighted by molar-refractivity contribution is 7.10. The highest BCUT2D eigenvalue weighted by Gasteiger charge is 2.15. The summed E-state index contributed by atoms with van der Waals surface area (Å²) in [6.07, 6.45) is 0. The van der Waals surface area contributed by atoms with Crippen molar-refractivity contribution < 1.29 is 5.11 Å². The number of hydrogen-bond donors (Lipinski definition) is 2. The van der Waals surface area contributed by atoms with E-state index in [9.17, 15) is 0 Å². The molecule has 0 aromatic carbocycles. The van der Waals surface area contributed by atoms with E-state index in [0.717, 1.165) is 13.1 Å². The second-order valence-electron chi connectivity index (χ2n) is 4.45. The van der Waals surface area contributed by atoms with Crippen LogP contribution in [0.3, 0.4) is 0 Å². The summed E-state index contributed by atoms with van der Waals surface area (Å²) in [7, 11) is 0. The van der Waals surface area contributed by atoms with Crippen LogP contribution in [-0.4, -0.2) is 18.3 Å². The van der Waals surface area contributed by atoms with Crippen molar-refractivity contribution in [1.29, 1.82) is 0 Å².